The van der Waals surface area contributed by atoms with Crippen LogP contribution in [0.25, 0.3) is 0 Å². The summed E-state index contributed by atoms with van der Waals surface area (Å²) in [6.45, 7) is 0.930. The van der Waals surface area contributed by atoms with E-state index in [0.29, 0.717) is 0 Å². The summed E-state index contributed by atoms with van der Waals surface area (Å²) < 4.78 is 0. The van der Waals surface area contributed by atoms with Crippen molar-refractivity contribution in [2.45, 2.75) is 24.9 Å². The number of nitrogens with one attached hydrogen (secondary N) is 2. The van der Waals surface area contributed by atoms with Crippen molar-refractivity contribution in [3.63, 3.8) is 0 Å². The van der Waals surface area contributed by atoms with Gasteiger partial charge in [0.15, 0.2) is 0 Å². The number of benzene rings is 2. The van der Waals surface area contributed by atoms with E-state index in [1.165, 1.54) is 0 Å². The Morgan fingerprint density at radius 2 is 1.57 bits per heavy atom. The van der Waals surface area contributed by atoms with E-state index in [4.69, 9.17) is 0 Å². The smallest absolute Gasteiger partial charge is 0.237 e. The number of hydrogen-bond donors (Lipinski definition) is 2. The van der Waals surface area contributed by atoms with Gasteiger partial charge in [0.05, 0.1) is 12.1 Å². The van der Waals surface area contributed by atoms with Gasteiger partial charge in [-0.05, 0) is 30.5 Å². The van der Waals surface area contributed by atoms with Gasteiger partial charge in [-0.1, -0.05) is 60.7 Å². The molecule has 1 saturated heterocycles. The highest BCUT2D eigenvalue weighted by Gasteiger charge is 2.25. The molecule has 1 aliphatic rings. The van der Waals surface area contributed by atoms with E-state index in [1.54, 1.807) is 0 Å². The topological polar surface area (TPSA) is 41.1 Å². The molecule has 1 aliphatic heterocycles. The summed E-state index contributed by atoms with van der Waals surface area (Å²) in [6.07, 6.45) is 1.99. The molecule has 0 radical (unpaired) electrons. The average Bonchev–Trinajstić information content (AvgIpc) is 3.09. The van der Waals surface area contributed by atoms with Crippen molar-refractivity contribution in [2.24, 2.45) is 0 Å². The van der Waals surface area contributed by atoms with Crippen LogP contribution in [0.1, 0.15) is 30.0 Å². The van der Waals surface area contributed by atoms with Crippen LogP contribution in [0, 0.1) is 0 Å². The maximum atomic E-state index is 12.4. The normalized spacial score (nSPS) is 17.9. The van der Waals surface area contributed by atoms with Gasteiger partial charge < -0.3 is 10.6 Å². The zero-order chi connectivity index (χ0) is 14.5. The molecule has 1 amide bonds. The van der Waals surface area contributed by atoms with E-state index in [-0.39, 0.29) is 18.0 Å². The van der Waals surface area contributed by atoms with Gasteiger partial charge in [0, 0.05) is 0 Å². The zero-order valence-electron chi connectivity index (χ0n) is 12.0. The Morgan fingerprint density at radius 3 is 2.05 bits per heavy atom. The summed E-state index contributed by atoms with van der Waals surface area (Å²) in [5, 5.41) is 6.44. The fourth-order valence-corrected chi connectivity index (χ4v) is 2.80. The lowest BCUT2D eigenvalue weighted by Crippen LogP contribution is -2.42. The second-order valence-corrected chi connectivity index (χ2v) is 5.41. The molecule has 0 spiro atoms. The van der Waals surface area contributed by atoms with Crippen LogP contribution < -0.4 is 10.6 Å². The summed E-state index contributed by atoms with van der Waals surface area (Å²) in [7, 11) is 0. The molecule has 1 unspecified atom stereocenters. The van der Waals surface area contributed by atoms with Crippen LogP contribution in [0.2, 0.25) is 0 Å². The first-order valence-electron chi connectivity index (χ1n) is 7.48. The van der Waals surface area contributed by atoms with E-state index in [1.807, 2.05) is 36.4 Å². The highest BCUT2D eigenvalue weighted by atomic mass is 16.2. The lowest BCUT2D eigenvalue weighted by atomic mass is 9.98. The third kappa shape index (κ3) is 3.31. The van der Waals surface area contributed by atoms with Crippen LogP contribution >= 0.6 is 0 Å². The fourth-order valence-electron chi connectivity index (χ4n) is 2.80. The van der Waals surface area contributed by atoms with E-state index < -0.39 is 0 Å². The molecule has 0 bridgehead atoms. The van der Waals surface area contributed by atoms with Crippen LogP contribution in [0.5, 0.6) is 0 Å². The summed E-state index contributed by atoms with van der Waals surface area (Å²) in [4.78, 5) is 12.4. The quantitative estimate of drug-likeness (QED) is 0.904. The number of rotatable bonds is 4. The van der Waals surface area contributed by atoms with Gasteiger partial charge in [-0.15, -0.1) is 0 Å². The second kappa shape index (κ2) is 6.55. The molecule has 2 aromatic rings. The largest absolute Gasteiger partial charge is 0.344 e. The van der Waals surface area contributed by atoms with Crippen molar-refractivity contribution >= 4 is 5.91 Å². The van der Waals surface area contributed by atoms with E-state index in [9.17, 15) is 4.79 Å². The number of hydrogen-bond acceptors (Lipinski definition) is 2. The summed E-state index contributed by atoms with van der Waals surface area (Å²) in [5.41, 5.74) is 2.21. The monoisotopic (exact) mass is 280 g/mol. The van der Waals surface area contributed by atoms with Gasteiger partial charge in [0.1, 0.15) is 0 Å². The molecule has 1 heterocycles. The van der Waals surface area contributed by atoms with Gasteiger partial charge in [-0.25, -0.2) is 0 Å². The first kappa shape index (κ1) is 13.8. The minimum Gasteiger partial charge on any atom is -0.344 e. The lowest BCUT2D eigenvalue weighted by Gasteiger charge is -2.22. The predicted octanol–water partition coefficient (Wildman–Crippen LogP) is 2.64. The lowest BCUT2D eigenvalue weighted by molar-refractivity contribution is -0.123. The number of amides is 1. The van der Waals surface area contributed by atoms with Gasteiger partial charge in [-0.2, -0.15) is 0 Å². The van der Waals surface area contributed by atoms with Crippen LogP contribution in [-0.4, -0.2) is 18.5 Å². The molecule has 108 valence electrons. The van der Waals surface area contributed by atoms with Gasteiger partial charge in [0.2, 0.25) is 5.91 Å². The molecule has 2 N–H and O–H groups in total. The van der Waals surface area contributed by atoms with Crippen LogP contribution in [-0.2, 0) is 4.79 Å². The van der Waals surface area contributed by atoms with Crippen LogP contribution in [0.3, 0.4) is 0 Å². The van der Waals surface area contributed by atoms with Crippen molar-refractivity contribution in [3.8, 4) is 0 Å². The first-order valence-corrected chi connectivity index (χ1v) is 7.48. The van der Waals surface area contributed by atoms with E-state index in [0.717, 1.165) is 30.5 Å². The minimum absolute atomic E-state index is 0.0556. The number of carbonyl (C=O) groups excluding carboxylic acids is 1. The number of carbonyl (C=O) groups is 1. The Bertz CT molecular complexity index is 537. The molecule has 0 saturated carbocycles. The first-order chi connectivity index (χ1) is 10.3. The Balaban J connectivity index is 1.84. The SMILES string of the molecule is O=C(NC(c1ccccc1)c1ccccc1)C1CCCN1. The van der Waals surface area contributed by atoms with Crippen LogP contribution in [0.4, 0.5) is 0 Å². The Morgan fingerprint density at radius 1 is 1.00 bits per heavy atom. The summed E-state index contributed by atoms with van der Waals surface area (Å²) in [6, 6.07) is 20.1. The highest BCUT2D eigenvalue weighted by Crippen LogP contribution is 2.22. The third-order valence-corrected chi connectivity index (χ3v) is 3.93. The Hall–Kier alpha value is -2.13. The molecule has 1 fully saturated rings. The molecule has 0 aromatic heterocycles. The van der Waals surface area contributed by atoms with Crippen molar-refractivity contribution in [3.05, 3.63) is 71.8 Å². The molecule has 3 rings (SSSR count). The molecule has 2 aromatic carbocycles. The standard InChI is InChI=1S/C18H20N2O/c21-18(16-12-7-13-19-16)20-17(14-8-3-1-4-9-14)15-10-5-2-6-11-15/h1-6,8-11,16-17,19H,7,12-13H2,(H,20,21). The van der Waals surface area contributed by atoms with Gasteiger partial charge in [0.25, 0.3) is 0 Å². The highest BCUT2D eigenvalue weighted by molar-refractivity contribution is 5.82. The Kier molecular flexibility index (Phi) is 4.31. The third-order valence-electron chi connectivity index (χ3n) is 3.93. The van der Waals surface area contributed by atoms with E-state index in [2.05, 4.69) is 34.9 Å². The maximum absolute atomic E-state index is 12.4. The van der Waals surface area contributed by atoms with Crippen molar-refractivity contribution in [2.75, 3.05) is 6.54 Å². The predicted molar refractivity (Wildman–Crippen MR) is 83.9 cm³/mol. The van der Waals surface area contributed by atoms with Crippen molar-refractivity contribution in [1.29, 1.82) is 0 Å². The molecule has 3 nitrogen and oxygen atoms in total. The fraction of sp³-hybridized carbons (Fsp3) is 0.278. The molecule has 21 heavy (non-hydrogen) atoms. The molecular formula is C18H20N2O. The molecular weight excluding hydrogens is 260 g/mol. The molecule has 1 atom stereocenters. The van der Waals surface area contributed by atoms with Crippen LogP contribution in [0.15, 0.2) is 60.7 Å². The average molecular weight is 280 g/mol. The summed E-state index contributed by atoms with van der Waals surface area (Å²) >= 11 is 0. The maximum Gasteiger partial charge on any atom is 0.237 e. The molecule has 0 aliphatic carbocycles. The van der Waals surface area contributed by atoms with Gasteiger partial charge in [-0.3, -0.25) is 4.79 Å². The molecule has 3 heteroatoms. The Labute approximate surface area is 125 Å². The minimum atomic E-state index is -0.0951. The second-order valence-electron chi connectivity index (χ2n) is 5.41. The van der Waals surface area contributed by atoms with Gasteiger partial charge >= 0.3 is 0 Å². The van der Waals surface area contributed by atoms with Crippen molar-refractivity contribution < 1.29 is 4.79 Å². The summed E-state index contributed by atoms with van der Waals surface area (Å²) in [5.74, 6) is 0.0882. The van der Waals surface area contributed by atoms with E-state index >= 15 is 0 Å². The zero-order valence-corrected chi connectivity index (χ0v) is 12.0. The van der Waals surface area contributed by atoms with Crippen molar-refractivity contribution in [1.82, 2.24) is 10.6 Å².